The van der Waals surface area contributed by atoms with E-state index in [2.05, 4.69) is 5.73 Å². The minimum atomic E-state index is -0.822. The quantitative estimate of drug-likeness (QED) is 0.563. The summed E-state index contributed by atoms with van der Waals surface area (Å²) in [5.74, 6) is -0.942. The number of amides is 1. The Hall–Kier alpha value is -0.940. The van der Waals surface area contributed by atoms with Gasteiger partial charge in [-0.05, 0) is 6.92 Å². The Balaban J connectivity index is 2.45. The van der Waals surface area contributed by atoms with Crippen LogP contribution in [0.4, 0.5) is 0 Å². The molecule has 1 unspecified atom stereocenters. The third-order valence-electron chi connectivity index (χ3n) is 2.57. The van der Waals surface area contributed by atoms with Gasteiger partial charge in [0.05, 0.1) is 18.7 Å². The molecule has 86 valence electrons. The van der Waals surface area contributed by atoms with Crippen LogP contribution in [0.25, 0.3) is 0 Å². The second-order valence-corrected chi connectivity index (χ2v) is 4.51. The second kappa shape index (κ2) is 4.28. The monoisotopic (exact) mass is 215 g/mol. The van der Waals surface area contributed by atoms with Crippen LogP contribution < -0.4 is 5.73 Å². The predicted molar refractivity (Wildman–Crippen MR) is 53.8 cm³/mol. The normalized spacial score (nSPS) is 20.7. The first-order chi connectivity index (χ1) is 6.87. The Morgan fingerprint density at radius 1 is 1.53 bits per heavy atom. The van der Waals surface area contributed by atoms with Gasteiger partial charge in [0.25, 0.3) is 11.7 Å². The fourth-order valence-corrected chi connectivity index (χ4v) is 1.73. The largest absolute Gasteiger partial charge is 0.386 e. The molecule has 5 nitrogen and oxygen atoms in total. The summed E-state index contributed by atoms with van der Waals surface area (Å²) in [6.45, 7) is 4.09. The molecule has 0 bridgehead atoms. The summed E-state index contributed by atoms with van der Waals surface area (Å²) in [6.07, 6.45) is 1.47. The van der Waals surface area contributed by atoms with Crippen molar-refractivity contribution in [3.63, 3.8) is 0 Å². The van der Waals surface area contributed by atoms with Crippen LogP contribution in [0.15, 0.2) is 0 Å². The highest BCUT2D eigenvalue weighted by Crippen LogP contribution is 2.19. The van der Waals surface area contributed by atoms with E-state index >= 15 is 0 Å². The number of nitrogens with zero attached hydrogens (tertiary/aromatic N) is 1. The molecule has 1 fully saturated rings. The van der Waals surface area contributed by atoms with E-state index in [1.54, 1.807) is 6.92 Å². The number of β-amino-alcohol motifs (C(OH)–C–C–N with tert-alkyl or cyclic N) is 1. The van der Waals surface area contributed by atoms with Gasteiger partial charge in [-0.2, -0.15) is 0 Å². The lowest BCUT2D eigenvalue weighted by atomic mass is 9.95. The first kappa shape index (κ1) is 12.1. The molecule has 1 saturated heterocycles. The van der Waals surface area contributed by atoms with Crippen LogP contribution in [0.5, 0.6) is 0 Å². The standard InChI is InChI=1S/C10H18N2O3/c1-3-4-7(11)8(13)9(14)12-5-10(2,15)6-12/h7,15H,3-6,11H2,1-2H3/p+1. The summed E-state index contributed by atoms with van der Waals surface area (Å²) in [7, 11) is 0. The molecule has 0 saturated carbocycles. The average Bonchev–Trinajstić information content (AvgIpc) is 2.12. The molecule has 5 heteroatoms. The third-order valence-corrected chi connectivity index (χ3v) is 2.57. The zero-order chi connectivity index (χ0) is 11.6. The molecule has 0 aliphatic carbocycles. The van der Waals surface area contributed by atoms with Crippen molar-refractivity contribution >= 4 is 11.7 Å². The predicted octanol–water partition coefficient (Wildman–Crippen LogP) is -1.44. The minimum absolute atomic E-state index is 0.246. The molecule has 4 N–H and O–H groups in total. The van der Waals surface area contributed by atoms with Crippen molar-refractivity contribution in [3.05, 3.63) is 0 Å². The van der Waals surface area contributed by atoms with Gasteiger partial charge in [0.1, 0.15) is 0 Å². The van der Waals surface area contributed by atoms with Gasteiger partial charge in [-0.1, -0.05) is 13.3 Å². The number of hydrogen-bond acceptors (Lipinski definition) is 3. The molecule has 1 rings (SSSR count). The van der Waals surface area contributed by atoms with Crippen molar-refractivity contribution in [2.75, 3.05) is 13.1 Å². The first-order valence-electron chi connectivity index (χ1n) is 5.26. The van der Waals surface area contributed by atoms with E-state index < -0.39 is 23.3 Å². The lowest BCUT2D eigenvalue weighted by Crippen LogP contribution is -2.70. The number of ketones is 1. The Labute approximate surface area is 89.2 Å². The van der Waals surface area contributed by atoms with Gasteiger partial charge in [-0.3, -0.25) is 9.59 Å². The molecule has 1 atom stereocenters. The molecular weight excluding hydrogens is 196 g/mol. The topological polar surface area (TPSA) is 85.2 Å². The number of aliphatic hydroxyl groups is 1. The van der Waals surface area contributed by atoms with Crippen molar-refractivity contribution in [2.45, 2.75) is 38.3 Å². The first-order valence-corrected chi connectivity index (χ1v) is 5.26. The summed E-state index contributed by atoms with van der Waals surface area (Å²) >= 11 is 0. The summed E-state index contributed by atoms with van der Waals surface area (Å²) in [5.41, 5.74) is 2.84. The van der Waals surface area contributed by atoms with Crippen molar-refractivity contribution < 1.29 is 20.4 Å². The number of quaternary nitrogens is 1. The molecular formula is C10H19N2O3+. The van der Waals surface area contributed by atoms with Crippen LogP contribution in [-0.2, 0) is 9.59 Å². The number of hydrogen-bond donors (Lipinski definition) is 2. The summed E-state index contributed by atoms with van der Waals surface area (Å²) < 4.78 is 0. The van der Waals surface area contributed by atoms with Crippen LogP contribution in [0.1, 0.15) is 26.7 Å². The van der Waals surface area contributed by atoms with Crippen molar-refractivity contribution in [1.29, 1.82) is 0 Å². The van der Waals surface area contributed by atoms with Crippen LogP contribution in [0.3, 0.4) is 0 Å². The summed E-state index contributed by atoms with van der Waals surface area (Å²) in [6, 6.07) is -0.451. The van der Waals surface area contributed by atoms with Gasteiger partial charge < -0.3 is 15.7 Å². The van der Waals surface area contributed by atoms with Gasteiger partial charge in [0.2, 0.25) is 0 Å². The molecule has 1 heterocycles. The summed E-state index contributed by atoms with van der Waals surface area (Å²) in [4.78, 5) is 24.5. The molecule has 0 aromatic rings. The smallest absolute Gasteiger partial charge is 0.296 e. The lowest BCUT2D eigenvalue weighted by molar-refractivity contribution is -0.403. The SMILES string of the molecule is CCCC([NH3+])C(=O)C(=O)N1CC(C)(O)C1. The fraction of sp³-hybridized carbons (Fsp3) is 0.800. The van der Waals surface area contributed by atoms with E-state index in [1.165, 1.54) is 4.90 Å². The number of rotatable bonds is 4. The summed E-state index contributed by atoms with van der Waals surface area (Å²) in [5, 5.41) is 9.44. The number of carbonyl (C=O) groups is 2. The highest BCUT2D eigenvalue weighted by atomic mass is 16.3. The molecule has 1 aliphatic rings. The van der Waals surface area contributed by atoms with Gasteiger partial charge in [0, 0.05) is 6.42 Å². The molecule has 1 aliphatic heterocycles. The number of Topliss-reactive ketones (excluding diaryl/α,β-unsaturated/α-hetero) is 1. The number of likely N-dealkylation sites (tertiary alicyclic amines) is 1. The minimum Gasteiger partial charge on any atom is -0.386 e. The molecule has 15 heavy (non-hydrogen) atoms. The van der Waals surface area contributed by atoms with Gasteiger partial charge >= 0.3 is 0 Å². The van der Waals surface area contributed by atoms with E-state index in [-0.39, 0.29) is 13.1 Å². The maximum atomic E-state index is 11.6. The van der Waals surface area contributed by atoms with Crippen molar-refractivity contribution in [1.82, 2.24) is 4.90 Å². The highest BCUT2D eigenvalue weighted by Gasteiger charge is 2.42. The van der Waals surface area contributed by atoms with Crippen LogP contribution in [0.2, 0.25) is 0 Å². The molecule has 0 aromatic heterocycles. The van der Waals surface area contributed by atoms with E-state index in [4.69, 9.17) is 0 Å². The van der Waals surface area contributed by atoms with Crippen molar-refractivity contribution in [3.8, 4) is 0 Å². The maximum Gasteiger partial charge on any atom is 0.296 e. The van der Waals surface area contributed by atoms with Crippen LogP contribution in [0, 0.1) is 0 Å². The van der Waals surface area contributed by atoms with E-state index in [0.717, 1.165) is 6.42 Å². The second-order valence-electron chi connectivity index (χ2n) is 4.51. The Kier molecular flexibility index (Phi) is 3.46. The lowest BCUT2D eigenvalue weighted by Gasteiger charge is -2.43. The molecule has 0 radical (unpaired) electrons. The zero-order valence-corrected chi connectivity index (χ0v) is 9.32. The van der Waals surface area contributed by atoms with Crippen LogP contribution >= 0.6 is 0 Å². The Bertz CT molecular complexity index is 268. The Morgan fingerprint density at radius 2 is 2.07 bits per heavy atom. The maximum absolute atomic E-state index is 11.6. The average molecular weight is 215 g/mol. The fourth-order valence-electron chi connectivity index (χ4n) is 1.73. The van der Waals surface area contributed by atoms with E-state index in [1.807, 2.05) is 6.92 Å². The van der Waals surface area contributed by atoms with Crippen LogP contribution in [-0.4, -0.2) is 46.4 Å². The molecule has 0 aromatic carbocycles. The molecule has 0 spiro atoms. The third kappa shape index (κ3) is 2.76. The van der Waals surface area contributed by atoms with Gasteiger partial charge in [-0.15, -0.1) is 0 Å². The Morgan fingerprint density at radius 3 is 2.47 bits per heavy atom. The van der Waals surface area contributed by atoms with E-state index in [9.17, 15) is 14.7 Å². The number of carbonyl (C=O) groups excluding carboxylic acids is 2. The van der Waals surface area contributed by atoms with E-state index in [0.29, 0.717) is 6.42 Å². The van der Waals surface area contributed by atoms with Gasteiger partial charge in [0.15, 0.2) is 6.04 Å². The zero-order valence-electron chi connectivity index (χ0n) is 9.32. The van der Waals surface area contributed by atoms with Crippen molar-refractivity contribution in [2.24, 2.45) is 0 Å². The molecule has 1 amide bonds. The van der Waals surface area contributed by atoms with Gasteiger partial charge in [-0.25, -0.2) is 0 Å². The highest BCUT2D eigenvalue weighted by molar-refractivity contribution is 6.37.